The van der Waals surface area contributed by atoms with Gasteiger partial charge in [-0.05, 0) is 39.3 Å². The summed E-state index contributed by atoms with van der Waals surface area (Å²) in [5.41, 5.74) is 6.91. The van der Waals surface area contributed by atoms with Crippen LogP contribution in [0.5, 0.6) is 5.75 Å². The number of anilines is 2. The number of carboxylic acids is 1. The SMILES string of the molecule is COc1cc(C(=O)O)c(C)c(N)c1NCC=CCNC(=O)OC(C)(C)C. The average molecular weight is 365 g/mol. The van der Waals surface area contributed by atoms with Crippen LogP contribution in [-0.2, 0) is 4.74 Å². The van der Waals surface area contributed by atoms with E-state index in [4.69, 9.17) is 15.2 Å². The van der Waals surface area contributed by atoms with Gasteiger partial charge >= 0.3 is 12.1 Å². The van der Waals surface area contributed by atoms with Crippen LogP contribution < -0.4 is 21.1 Å². The molecule has 1 aromatic rings. The molecule has 1 aromatic carbocycles. The molecule has 0 radical (unpaired) electrons. The molecule has 1 amide bonds. The minimum absolute atomic E-state index is 0.0991. The van der Waals surface area contributed by atoms with E-state index < -0.39 is 17.7 Å². The molecule has 0 heterocycles. The fourth-order valence-electron chi connectivity index (χ4n) is 2.13. The number of alkyl carbamates (subject to hydrolysis) is 1. The van der Waals surface area contributed by atoms with Crippen molar-refractivity contribution in [1.82, 2.24) is 5.32 Å². The zero-order valence-electron chi connectivity index (χ0n) is 15.8. The zero-order valence-corrected chi connectivity index (χ0v) is 15.8. The summed E-state index contributed by atoms with van der Waals surface area (Å²) in [6, 6.07) is 1.43. The highest BCUT2D eigenvalue weighted by molar-refractivity contribution is 5.95. The van der Waals surface area contributed by atoms with Gasteiger partial charge in [0.2, 0.25) is 0 Å². The number of nitrogens with one attached hydrogen (secondary N) is 2. The average Bonchev–Trinajstić information content (AvgIpc) is 2.52. The lowest BCUT2D eigenvalue weighted by Crippen LogP contribution is -2.32. The molecule has 0 saturated carbocycles. The molecule has 0 bridgehead atoms. The Balaban J connectivity index is 2.64. The molecular weight excluding hydrogens is 338 g/mol. The first kappa shape index (κ1) is 21.1. The van der Waals surface area contributed by atoms with E-state index in [0.717, 1.165) is 0 Å². The Morgan fingerprint density at radius 2 is 1.88 bits per heavy atom. The van der Waals surface area contributed by atoms with E-state index in [0.29, 0.717) is 35.8 Å². The summed E-state index contributed by atoms with van der Waals surface area (Å²) in [5, 5.41) is 14.9. The van der Waals surface area contributed by atoms with Crippen molar-refractivity contribution in [2.24, 2.45) is 0 Å². The number of carboxylic acid groups (broad SMARTS) is 1. The third-order valence-corrected chi connectivity index (χ3v) is 3.38. The lowest BCUT2D eigenvalue weighted by molar-refractivity contribution is 0.0533. The Morgan fingerprint density at radius 1 is 1.27 bits per heavy atom. The van der Waals surface area contributed by atoms with E-state index >= 15 is 0 Å². The van der Waals surface area contributed by atoms with Gasteiger partial charge in [-0.1, -0.05) is 12.2 Å². The number of aromatic carboxylic acids is 1. The number of carbonyl (C=O) groups excluding carboxylic acids is 1. The topological polar surface area (TPSA) is 123 Å². The summed E-state index contributed by atoms with van der Waals surface area (Å²) >= 11 is 0. The second-order valence-corrected chi connectivity index (χ2v) is 6.58. The largest absolute Gasteiger partial charge is 0.494 e. The Bertz CT molecular complexity index is 693. The summed E-state index contributed by atoms with van der Waals surface area (Å²) in [7, 11) is 1.45. The normalized spacial score (nSPS) is 11.3. The van der Waals surface area contributed by atoms with Crippen LogP contribution in [0.1, 0.15) is 36.7 Å². The van der Waals surface area contributed by atoms with Crippen molar-refractivity contribution >= 4 is 23.4 Å². The first-order valence-electron chi connectivity index (χ1n) is 8.13. The van der Waals surface area contributed by atoms with Crippen LogP contribution in [0.25, 0.3) is 0 Å². The number of rotatable bonds is 7. The Kier molecular flexibility index (Phi) is 7.30. The quantitative estimate of drug-likeness (QED) is 0.433. The molecule has 0 fully saturated rings. The van der Waals surface area contributed by atoms with E-state index in [2.05, 4.69) is 10.6 Å². The smallest absolute Gasteiger partial charge is 0.407 e. The molecule has 0 saturated heterocycles. The highest BCUT2D eigenvalue weighted by Crippen LogP contribution is 2.35. The molecule has 0 unspecified atom stereocenters. The maximum Gasteiger partial charge on any atom is 0.407 e. The van der Waals surface area contributed by atoms with Gasteiger partial charge in [-0.25, -0.2) is 9.59 Å². The van der Waals surface area contributed by atoms with Gasteiger partial charge in [0, 0.05) is 13.1 Å². The van der Waals surface area contributed by atoms with Crippen molar-refractivity contribution in [3.05, 3.63) is 29.3 Å². The van der Waals surface area contributed by atoms with Crippen molar-refractivity contribution in [2.75, 3.05) is 31.2 Å². The minimum Gasteiger partial charge on any atom is -0.494 e. The van der Waals surface area contributed by atoms with Crippen molar-refractivity contribution in [1.29, 1.82) is 0 Å². The van der Waals surface area contributed by atoms with Crippen LogP contribution in [0.3, 0.4) is 0 Å². The van der Waals surface area contributed by atoms with Gasteiger partial charge in [0.25, 0.3) is 0 Å². The van der Waals surface area contributed by atoms with E-state index in [1.165, 1.54) is 13.2 Å². The highest BCUT2D eigenvalue weighted by Gasteiger charge is 2.17. The van der Waals surface area contributed by atoms with Crippen LogP contribution in [-0.4, -0.2) is 43.0 Å². The molecule has 144 valence electrons. The summed E-state index contributed by atoms with van der Waals surface area (Å²) < 4.78 is 10.3. The molecule has 8 heteroatoms. The lowest BCUT2D eigenvalue weighted by atomic mass is 10.0. The number of nitrogens with two attached hydrogens (primary N) is 1. The number of nitrogen functional groups attached to an aromatic ring is 1. The number of ether oxygens (including phenoxy) is 2. The molecule has 0 spiro atoms. The second kappa shape index (κ2) is 8.98. The van der Waals surface area contributed by atoms with Gasteiger partial charge < -0.3 is 30.9 Å². The molecule has 0 aliphatic rings. The fraction of sp³-hybridized carbons (Fsp3) is 0.444. The van der Waals surface area contributed by atoms with Crippen molar-refractivity contribution in [3.8, 4) is 5.75 Å². The number of benzene rings is 1. The van der Waals surface area contributed by atoms with Crippen LogP contribution in [0, 0.1) is 6.92 Å². The zero-order chi connectivity index (χ0) is 19.9. The predicted molar refractivity (Wildman–Crippen MR) is 101 cm³/mol. The van der Waals surface area contributed by atoms with Crippen molar-refractivity contribution in [2.45, 2.75) is 33.3 Å². The van der Waals surface area contributed by atoms with Crippen LogP contribution in [0.2, 0.25) is 0 Å². The molecule has 0 aliphatic heterocycles. The Hall–Kier alpha value is -2.90. The van der Waals surface area contributed by atoms with Gasteiger partial charge in [-0.3, -0.25) is 0 Å². The summed E-state index contributed by atoms with van der Waals surface area (Å²) in [5.74, 6) is -0.710. The molecule has 0 atom stereocenters. The van der Waals surface area contributed by atoms with E-state index in [1.54, 1.807) is 39.8 Å². The lowest BCUT2D eigenvalue weighted by Gasteiger charge is -2.19. The summed E-state index contributed by atoms with van der Waals surface area (Å²) in [4.78, 5) is 22.7. The van der Waals surface area contributed by atoms with Crippen molar-refractivity contribution < 1.29 is 24.2 Å². The first-order chi connectivity index (χ1) is 12.1. The van der Waals surface area contributed by atoms with E-state index in [-0.39, 0.29) is 5.56 Å². The summed E-state index contributed by atoms with van der Waals surface area (Å²) in [6.07, 6.45) is 3.08. The number of methoxy groups -OCH3 is 1. The minimum atomic E-state index is -1.06. The van der Waals surface area contributed by atoms with Crippen LogP contribution in [0.15, 0.2) is 18.2 Å². The van der Waals surface area contributed by atoms with Gasteiger partial charge in [0.1, 0.15) is 17.0 Å². The number of amides is 1. The van der Waals surface area contributed by atoms with E-state index in [9.17, 15) is 14.7 Å². The molecule has 0 aliphatic carbocycles. The van der Waals surface area contributed by atoms with Gasteiger partial charge in [-0.2, -0.15) is 0 Å². The monoisotopic (exact) mass is 365 g/mol. The third kappa shape index (κ3) is 6.19. The molecular formula is C18H27N3O5. The molecule has 8 nitrogen and oxygen atoms in total. The van der Waals surface area contributed by atoms with Crippen LogP contribution >= 0.6 is 0 Å². The highest BCUT2D eigenvalue weighted by atomic mass is 16.6. The van der Waals surface area contributed by atoms with Crippen molar-refractivity contribution in [3.63, 3.8) is 0 Å². The molecule has 5 N–H and O–H groups in total. The molecule has 26 heavy (non-hydrogen) atoms. The maximum atomic E-state index is 11.5. The standard InChI is InChI=1S/C18H27N3O5/c1-11-12(16(22)23)10-13(25-5)15(14(11)19)20-8-6-7-9-21-17(24)26-18(2,3)4/h6-7,10,20H,8-9,19H2,1-5H3,(H,21,24)(H,22,23). The predicted octanol–water partition coefficient (Wildman–Crippen LogP) is 2.78. The number of hydrogen-bond donors (Lipinski definition) is 4. The number of hydrogen-bond acceptors (Lipinski definition) is 6. The van der Waals surface area contributed by atoms with Crippen LogP contribution in [0.4, 0.5) is 16.2 Å². The third-order valence-electron chi connectivity index (χ3n) is 3.38. The first-order valence-corrected chi connectivity index (χ1v) is 8.13. The fourth-order valence-corrected chi connectivity index (χ4v) is 2.13. The van der Waals surface area contributed by atoms with Gasteiger partial charge in [-0.15, -0.1) is 0 Å². The number of carbonyl (C=O) groups is 2. The Morgan fingerprint density at radius 3 is 2.42 bits per heavy atom. The van der Waals surface area contributed by atoms with E-state index in [1.807, 2.05) is 0 Å². The maximum absolute atomic E-state index is 11.5. The molecule has 1 rings (SSSR count). The van der Waals surface area contributed by atoms with Gasteiger partial charge in [0.15, 0.2) is 0 Å². The Labute approximate surface area is 153 Å². The summed E-state index contributed by atoms with van der Waals surface area (Å²) in [6.45, 7) is 7.76. The second-order valence-electron chi connectivity index (χ2n) is 6.58. The molecule has 0 aromatic heterocycles. The van der Waals surface area contributed by atoms with Gasteiger partial charge in [0.05, 0.1) is 18.4 Å².